The molecule has 0 bridgehead atoms. The second kappa shape index (κ2) is 26.5. The fourth-order valence-electron chi connectivity index (χ4n) is 3.12. The first-order valence-electron chi connectivity index (χ1n) is 15.0. The molecule has 0 nitrogen and oxygen atoms in total. The van der Waals surface area contributed by atoms with Crippen molar-refractivity contribution in [1.82, 2.24) is 0 Å². The van der Waals surface area contributed by atoms with Crippen molar-refractivity contribution in [3.63, 3.8) is 0 Å². The molecule has 0 aliphatic carbocycles. The Bertz CT molecular complexity index is 1060. The molecule has 39 heavy (non-hydrogen) atoms. The summed E-state index contributed by atoms with van der Waals surface area (Å²) in [6.07, 6.45) is 0. The summed E-state index contributed by atoms with van der Waals surface area (Å²) in [5.41, 5.74) is 12.0. The molecule has 0 heteroatoms. The van der Waals surface area contributed by atoms with Crippen LogP contribution in [-0.4, -0.2) is 0 Å². The largest absolute Gasteiger partial charge is 0.0683 e. The third-order valence-electron chi connectivity index (χ3n) is 5.49. The molecular formula is C39H60. The van der Waals surface area contributed by atoms with E-state index < -0.39 is 0 Å². The van der Waals surface area contributed by atoms with Gasteiger partial charge in [-0.15, -0.1) is 0 Å². The maximum Gasteiger partial charge on any atom is -0.0181 e. The van der Waals surface area contributed by atoms with Gasteiger partial charge in [-0.05, 0) is 81.8 Å². The lowest BCUT2D eigenvalue weighted by molar-refractivity contribution is 1.30. The van der Waals surface area contributed by atoms with Gasteiger partial charge in [0.15, 0.2) is 0 Å². The van der Waals surface area contributed by atoms with Gasteiger partial charge in [-0.2, -0.15) is 0 Å². The lowest BCUT2D eigenvalue weighted by Gasteiger charge is -2.02. The van der Waals surface area contributed by atoms with Gasteiger partial charge in [0.1, 0.15) is 0 Å². The van der Waals surface area contributed by atoms with Crippen molar-refractivity contribution in [2.75, 3.05) is 0 Å². The Hall–Kier alpha value is -3.12. The van der Waals surface area contributed by atoms with Crippen LogP contribution in [0.15, 0.2) is 91.0 Å². The first-order chi connectivity index (χ1) is 18.8. The van der Waals surface area contributed by atoms with Gasteiger partial charge in [-0.25, -0.2) is 0 Å². The van der Waals surface area contributed by atoms with Gasteiger partial charge in [-0.3, -0.25) is 0 Å². The molecule has 0 unspecified atom stereocenters. The molecule has 4 rings (SSSR count). The highest BCUT2D eigenvalue weighted by Gasteiger charge is 1.96. The summed E-state index contributed by atoms with van der Waals surface area (Å²) in [5, 5.41) is 0. The first-order valence-corrected chi connectivity index (χ1v) is 15.0. The summed E-state index contributed by atoms with van der Waals surface area (Å²) in [6.45, 7) is 30.9. The fourth-order valence-corrected chi connectivity index (χ4v) is 3.12. The van der Waals surface area contributed by atoms with Crippen molar-refractivity contribution in [2.45, 2.75) is 104 Å². The van der Waals surface area contributed by atoms with Crippen molar-refractivity contribution in [1.29, 1.82) is 0 Å². The average molecular weight is 529 g/mol. The predicted octanol–water partition coefficient (Wildman–Crippen LogP) is 13.0. The van der Waals surface area contributed by atoms with Crippen LogP contribution in [-0.2, 0) is 0 Å². The zero-order chi connectivity index (χ0) is 30.8. The molecule has 4 aromatic rings. The summed E-state index contributed by atoms with van der Waals surface area (Å²) in [5.74, 6) is 0. The van der Waals surface area contributed by atoms with E-state index in [9.17, 15) is 0 Å². The van der Waals surface area contributed by atoms with Gasteiger partial charge < -0.3 is 0 Å². The highest BCUT2D eigenvalue weighted by Crippen LogP contribution is 2.20. The Labute approximate surface area is 244 Å². The monoisotopic (exact) mass is 528 g/mol. The van der Waals surface area contributed by atoms with E-state index >= 15 is 0 Å². The van der Waals surface area contributed by atoms with Crippen LogP contribution in [0.3, 0.4) is 0 Å². The van der Waals surface area contributed by atoms with Gasteiger partial charge >= 0.3 is 0 Å². The quantitative estimate of drug-likeness (QED) is 0.230. The Kier molecular flexibility index (Phi) is 27.4. The summed E-state index contributed by atoms with van der Waals surface area (Å²) in [7, 11) is 0. The Morgan fingerprint density at radius 3 is 1.08 bits per heavy atom. The zero-order valence-corrected chi connectivity index (χ0v) is 28.2. The van der Waals surface area contributed by atoms with Crippen molar-refractivity contribution < 1.29 is 0 Å². The average Bonchev–Trinajstić information content (AvgIpc) is 2.98. The maximum absolute atomic E-state index is 2.21. The first kappa shape index (κ1) is 40.4. The van der Waals surface area contributed by atoms with E-state index in [4.69, 9.17) is 0 Å². The van der Waals surface area contributed by atoms with Crippen molar-refractivity contribution in [2.24, 2.45) is 0 Å². The molecule has 0 aliphatic rings. The minimum absolute atomic E-state index is 1.29. The van der Waals surface area contributed by atoms with Crippen LogP contribution < -0.4 is 0 Å². The number of benzene rings is 4. The number of aryl methyl sites for hydroxylation is 7. The third kappa shape index (κ3) is 18.7. The van der Waals surface area contributed by atoms with Crippen LogP contribution >= 0.6 is 0 Å². The molecule has 216 valence electrons. The SMILES string of the molecule is CC.CC.CC.CC.Cc1ccc(-c2cccc(C)c2)cc1.Cc1ccc(C)c(C)c1.Cc1ccccc1C. The molecule has 0 N–H and O–H groups in total. The number of rotatable bonds is 1. The number of hydrogen-bond donors (Lipinski definition) is 0. The summed E-state index contributed by atoms with van der Waals surface area (Å²) < 4.78 is 0. The van der Waals surface area contributed by atoms with E-state index in [-0.39, 0.29) is 0 Å². The molecule has 0 fully saturated rings. The second-order valence-electron chi connectivity index (χ2n) is 8.41. The molecule has 0 aromatic heterocycles. The van der Waals surface area contributed by atoms with Crippen LogP contribution in [0.5, 0.6) is 0 Å². The summed E-state index contributed by atoms with van der Waals surface area (Å²) in [6, 6.07) is 32.1. The van der Waals surface area contributed by atoms with Crippen LogP contribution in [0.1, 0.15) is 94.3 Å². The molecule has 0 heterocycles. The molecular weight excluding hydrogens is 468 g/mol. The maximum atomic E-state index is 2.21. The summed E-state index contributed by atoms with van der Waals surface area (Å²) >= 11 is 0. The number of hydrogen-bond acceptors (Lipinski definition) is 0. The molecule has 4 aromatic carbocycles. The third-order valence-corrected chi connectivity index (χ3v) is 5.49. The molecule has 0 spiro atoms. The Balaban J connectivity index is -0.000000456. The van der Waals surface area contributed by atoms with Crippen LogP contribution in [0.2, 0.25) is 0 Å². The smallest absolute Gasteiger partial charge is 0.0181 e. The highest BCUT2D eigenvalue weighted by molar-refractivity contribution is 5.64. The van der Waals surface area contributed by atoms with Crippen molar-refractivity contribution >= 4 is 0 Å². The van der Waals surface area contributed by atoms with E-state index in [2.05, 4.69) is 139 Å². The van der Waals surface area contributed by atoms with Crippen molar-refractivity contribution in [3.8, 4) is 11.1 Å². The van der Waals surface area contributed by atoms with Crippen LogP contribution in [0.25, 0.3) is 11.1 Å². The van der Waals surface area contributed by atoms with E-state index in [0.29, 0.717) is 0 Å². The fraction of sp³-hybridized carbons (Fsp3) is 0.385. The standard InChI is InChI=1S/C14H14.C9H12.C8H10.4C2H6/c1-11-6-8-13(9-7-11)14-5-3-4-12(2)10-14;1-7-4-5-8(2)9(3)6-7;1-7-5-3-4-6-8(7)2;4*1-2/h3-10H,1-2H3;4-6H,1-3H3;3-6H,1-2H3;4*1-2H3. The molecule has 0 radical (unpaired) electrons. The lowest BCUT2D eigenvalue weighted by atomic mass is 10.0. The zero-order valence-electron chi connectivity index (χ0n) is 28.2. The molecule has 0 saturated carbocycles. The van der Waals surface area contributed by atoms with E-state index in [1.165, 1.54) is 50.1 Å². The van der Waals surface area contributed by atoms with Gasteiger partial charge in [0, 0.05) is 0 Å². The normalized spacial score (nSPS) is 8.38. The van der Waals surface area contributed by atoms with Crippen LogP contribution in [0.4, 0.5) is 0 Å². The predicted molar refractivity (Wildman–Crippen MR) is 183 cm³/mol. The Morgan fingerprint density at radius 2 is 0.692 bits per heavy atom. The minimum Gasteiger partial charge on any atom is -0.0683 e. The highest BCUT2D eigenvalue weighted by atomic mass is 14.0. The van der Waals surface area contributed by atoms with Gasteiger partial charge in [-0.1, -0.05) is 163 Å². The van der Waals surface area contributed by atoms with Gasteiger partial charge in [0.05, 0.1) is 0 Å². The molecule has 0 aliphatic heterocycles. The van der Waals surface area contributed by atoms with E-state index in [1.54, 1.807) is 0 Å². The molecule has 0 amide bonds. The Morgan fingerprint density at radius 1 is 0.282 bits per heavy atom. The molecule has 0 saturated heterocycles. The van der Waals surface area contributed by atoms with E-state index in [1.807, 2.05) is 55.4 Å². The second-order valence-corrected chi connectivity index (χ2v) is 8.41. The van der Waals surface area contributed by atoms with Gasteiger partial charge in [0.25, 0.3) is 0 Å². The summed E-state index contributed by atoms with van der Waals surface area (Å²) in [4.78, 5) is 0. The van der Waals surface area contributed by atoms with Crippen LogP contribution in [0, 0.1) is 48.5 Å². The molecule has 0 atom stereocenters. The van der Waals surface area contributed by atoms with Crippen molar-refractivity contribution in [3.05, 3.63) is 130 Å². The van der Waals surface area contributed by atoms with E-state index in [0.717, 1.165) is 0 Å². The lowest BCUT2D eigenvalue weighted by Crippen LogP contribution is -1.79. The van der Waals surface area contributed by atoms with Gasteiger partial charge in [0.2, 0.25) is 0 Å². The topological polar surface area (TPSA) is 0 Å². The minimum atomic E-state index is 1.29.